The number of benzene rings is 2. The van der Waals surface area contributed by atoms with E-state index >= 15 is 0 Å². The predicted molar refractivity (Wildman–Crippen MR) is 138 cm³/mol. The van der Waals surface area contributed by atoms with Gasteiger partial charge in [-0.25, -0.2) is 4.79 Å². The monoisotopic (exact) mass is 524 g/mol. The van der Waals surface area contributed by atoms with Crippen LogP contribution in [0, 0.1) is 0 Å². The molecule has 1 aliphatic rings. The van der Waals surface area contributed by atoms with E-state index in [1.54, 1.807) is 27.0 Å². The number of carbonyl (C=O) groups is 3. The molecule has 0 radical (unpaired) electrons. The lowest BCUT2D eigenvalue weighted by Gasteiger charge is -2.43. The van der Waals surface area contributed by atoms with Gasteiger partial charge in [0.05, 0.1) is 20.3 Å². The highest BCUT2D eigenvalue weighted by atomic mass is 35.5. The number of ether oxygens (including phenoxy) is 2. The average Bonchev–Trinajstić information content (AvgIpc) is 3.32. The molecule has 1 N–H and O–H groups in total. The molecule has 0 spiro atoms. The molecule has 2 amide bonds. The number of amides is 2. The molecule has 2 aromatic carbocycles. The Labute approximate surface area is 220 Å². The van der Waals surface area contributed by atoms with Crippen LogP contribution in [-0.4, -0.2) is 58.3 Å². The van der Waals surface area contributed by atoms with Crippen LogP contribution < -0.4 is 10.1 Å². The van der Waals surface area contributed by atoms with Gasteiger partial charge in [0.15, 0.2) is 5.69 Å². The van der Waals surface area contributed by atoms with E-state index in [0.29, 0.717) is 17.2 Å². The van der Waals surface area contributed by atoms with Crippen molar-refractivity contribution in [3.8, 4) is 5.75 Å². The molecule has 1 atom stereocenters. The molecule has 2 heterocycles. The van der Waals surface area contributed by atoms with Crippen molar-refractivity contribution in [1.29, 1.82) is 0 Å². The van der Waals surface area contributed by atoms with Crippen LogP contribution in [0.25, 0.3) is 0 Å². The zero-order valence-electron chi connectivity index (χ0n) is 21.0. The molecule has 0 fully saturated rings. The van der Waals surface area contributed by atoms with E-state index in [0.717, 1.165) is 11.1 Å². The first-order valence-electron chi connectivity index (χ1n) is 12.0. The number of hydrogen-bond donors (Lipinski definition) is 1. The average molecular weight is 525 g/mol. The van der Waals surface area contributed by atoms with Crippen molar-refractivity contribution < 1.29 is 23.9 Å². The van der Waals surface area contributed by atoms with Crippen molar-refractivity contribution in [2.24, 2.45) is 0 Å². The molecular formula is C27H29ClN4O5. The largest absolute Gasteiger partial charge is 0.496 e. The van der Waals surface area contributed by atoms with E-state index in [4.69, 9.17) is 21.1 Å². The molecule has 1 aliphatic heterocycles. The van der Waals surface area contributed by atoms with Gasteiger partial charge < -0.3 is 19.7 Å². The van der Waals surface area contributed by atoms with Crippen molar-refractivity contribution in [1.82, 2.24) is 20.0 Å². The molecule has 9 nitrogen and oxygen atoms in total. The molecule has 4 rings (SSSR count). The van der Waals surface area contributed by atoms with Crippen molar-refractivity contribution in [2.45, 2.75) is 38.9 Å². The maximum absolute atomic E-state index is 13.7. The third kappa shape index (κ3) is 5.32. The zero-order chi connectivity index (χ0) is 26.6. The number of aromatic nitrogens is 2. The van der Waals surface area contributed by atoms with Crippen molar-refractivity contribution in [3.05, 3.63) is 82.1 Å². The van der Waals surface area contributed by atoms with Gasteiger partial charge in [-0.1, -0.05) is 48.0 Å². The second-order valence-corrected chi connectivity index (χ2v) is 9.27. The normalized spacial score (nSPS) is 16.8. The summed E-state index contributed by atoms with van der Waals surface area (Å²) >= 11 is 6.35. The van der Waals surface area contributed by atoms with Crippen LogP contribution >= 0.6 is 11.6 Å². The number of nitrogens with zero attached hydrogens (tertiary/aromatic N) is 3. The number of nitrogens with one attached hydrogen (secondary N) is 1. The van der Waals surface area contributed by atoms with Crippen LogP contribution in [0.1, 0.15) is 46.0 Å². The standard InChI is InChI=1S/C27H29ClN4O5/c1-4-37-25(34)21-15-22-24(33)31(14-13-18-9-5-7-11-20(18)28)27(2,17-32(22)30-21)26(35)29-16-19-10-6-8-12-23(19)36-3/h5-12,15H,4,13-14,16-17H2,1-3H3,(H,29,35). The van der Waals surface area contributed by atoms with Gasteiger partial charge in [-0.2, -0.15) is 5.10 Å². The predicted octanol–water partition coefficient (Wildman–Crippen LogP) is 3.50. The van der Waals surface area contributed by atoms with Crippen LogP contribution in [0.15, 0.2) is 54.6 Å². The van der Waals surface area contributed by atoms with E-state index in [1.807, 2.05) is 42.5 Å². The highest BCUT2D eigenvalue weighted by molar-refractivity contribution is 6.31. The molecule has 3 aromatic rings. The Bertz CT molecular complexity index is 1320. The van der Waals surface area contributed by atoms with E-state index < -0.39 is 17.4 Å². The lowest BCUT2D eigenvalue weighted by Crippen LogP contribution is -2.64. The first-order chi connectivity index (χ1) is 17.8. The summed E-state index contributed by atoms with van der Waals surface area (Å²) in [5.41, 5.74) is 0.619. The van der Waals surface area contributed by atoms with Gasteiger partial charge in [0.2, 0.25) is 5.91 Å². The van der Waals surface area contributed by atoms with E-state index in [2.05, 4.69) is 10.4 Å². The molecule has 0 bridgehead atoms. The fraction of sp³-hybridized carbons (Fsp3) is 0.333. The molecule has 0 aliphatic carbocycles. The summed E-state index contributed by atoms with van der Waals surface area (Å²) in [5, 5.41) is 7.82. The third-order valence-electron chi connectivity index (χ3n) is 6.47. The van der Waals surface area contributed by atoms with Crippen molar-refractivity contribution >= 4 is 29.4 Å². The molecule has 10 heteroatoms. The van der Waals surface area contributed by atoms with Crippen LogP contribution in [0.4, 0.5) is 0 Å². The number of halogens is 1. The summed E-state index contributed by atoms with van der Waals surface area (Å²) in [5.74, 6) is -0.736. The minimum atomic E-state index is -1.29. The van der Waals surface area contributed by atoms with Crippen LogP contribution in [0.5, 0.6) is 5.75 Å². The molecular weight excluding hydrogens is 496 g/mol. The Morgan fingerprint density at radius 1 is 1.14 bits per heavy atom. The van der Waals surface area contributed by atoms with Gasteiger partial charge in [-0.15, -0.1) is 0 Å². The third-order valence-corrected chi connectivity index (χ3v) is 6.83. The summed E-state index contributed by atoms with van der Waals surface area (Å²) in [6.45, 7) is 4.09. The number of rotatable bonds is 9. The zero-order valence-corrected chi connectivity index (χ0v) is 21.7. The lowest BCUT2D eigenvalue weighted by atomic mass is 9.94. The minimum absolute atomic E-state index is 0.0231. The number of carbonyl (C=O) groups excluding carboxylic acids is 3. The van der Waals surface area contributed by atoms with Gasteiger partial charge in [0, 0.05) is 29.7 Å². The Kier molecular flexibility index (Phi) is 7.83. The fourth-order valence-electron chi connectivity index (χ4n) is 4.44. The Morgan fingerprint density at radius 3 is 2.54 bits per heavy atom. The minimum Gasteiger partial charge on any atom is -0.496 e. The summed E-state index contributed by atoms with van der Waals surface area (Å²) in [7, 11) is 1.57. The van der Waals surface area contributed by atoms with Gasteiger partial charge >= 0.3 is 5.97 Å². The molecule has 0 saturated carbocycles. The maximum atomic E-state index is 13.7. The Morgan fingerprint density at radius 2 is 1.84 bits per heavy atom. The molecule has 1 unspecified atom stereocenters. The van der Waals surface area contributed by atoms with E-state index in [1.165, 1.54) is 15.6 Å². The van der Waals surface area contributed by atoms with Crippen molar-refractivity contribution in [2.75, 3.05) is 20.3 Å². The number of methoxy groups -OCH3 is 1. The van der Waals surface area contributed by atoms with Crippen molar-refractivity contribution in [3.63, 3.8) is 0 Å². The molecule has 0 saturated heterocycles. The number of para-hydroxylation sites is 1. The maximum Gasteiger partial charge on any atom is 0.358 e. The van der Waals surface area contributed by atoms with Gasteiger partial charge in [-0.05, 0) is 38.0 Å². The first-order valence-corrected chi connectivity index (χ1v) is 12.4. The highest BCUT2D eigenvalue weighted by Gasteiger charge is 2.48. The topological polar surface area (TPSA) is 103 Å². The quantitative estimate of drug-likeness (QED) is 0.430. The van der Waals surface area contributed by atoms with Gasteiger partial charge in [-0.3, -0.25) is 14.3 Å². The van der Waals surface area contributed by atoms with Gasteiger partial charge in [0.25, 0.3) is 5.91 Å². The molecule has 37 heavy (non-hydrogen) atoms. The SMILES string of the molecule is CCOC(=O)c1cc2n(n1)CC(C)(C(=O)NCc1ccccc1OC)N(CCc1ccccc1Cl)C2=O. The number of fused-ring (bicyclic) bond motifs is 1. The fourth-order valence-corrected chi connectivity index (χ4v) is 4.67. The smallest absolute Gasteiger partial charge is 0.358 e. The van der Waals surface area contributed by atoms with Crippen LogP contribution in [-0.2, 0) is 29.0 Å². The second-order valence-electron chi connectivity index (χ2n) is 8.86. The summed E-state index contributed by atoms with van der Waals surface area (Å²) in [4.78, 5) is 41.2. The number of esters is 1. The summed E-state index contributed by atoms with van der Waals surface area (Å²) in [6, 6.07) is 16.2. The summed E-state index contributed by atoms with van der Waals surface area (Å²) < 4.78 is 11.8. The van der Waals surface area contributed by atoms with Crippen LogP contribution in [0.2, 0.25) is 5.02 Å². The Balaban J connectivity index is 1.64. The van der Waals surface area contributed by atoms with Gasteiger partial charge in [0.1, 0.15) is 17.0 Å². The number of hydrogen-bond acceptors (Lipinski definition) is 6. The van der Waals surface area contributed by atoms with E-state index in [-0.39, 0.29) is 43.5 Å². The lowest BCUT2D eigenvalue weighted by molar-refractivity contribution is -0.133. The second kappa shape index (κ2) is 11.0. The van der Waals surface area contributed by atoms with E-state index in [9.17, 15) is 14.4 Å². The Hall–Kier alpha value is -3.85. The highest BCUT2D eigenvalue weighted by Crippen LogP contribution is 2.29. The molecule has 1 aromatic heterocycles. The van der Waals surface area contributed by atoms with Crippen LogP contribution in [0.3, 0.4) is 0 Å². The summed E-state index contributed by atoms with van der Waals surface area (Å²) in [6.07, 6.45) is 0.444. The molecule has 194 valence electrons. The first kappa shape index (κ1) is 26.2.